The lowest BCUT2D eigenvalue weighted by Gasteiger charge is -1.98. The Kier molecular flexibility index (Phi) is 2.05. The second-order valence-corrected chi connectivity index (χ2v) is 5.81. The molecule has 0 aromatic carbocycles. The van der Waals surface area contributed by atoms with E-state index < -0.39 is 9.05 Å². The average Bonchev–Trinajstić information content (AvgIpc) is 2.73. The van der Waals surface area contributed by atoms with Gasteiger partial charge in [-0.2, -0.15) is 5.10 Å². The zero-order chi connectivity index (χ0) is 9.64. The molecule has 0 unspecified atom stereocenters. The van der Waals surface area contributed by atoms with Gasteiger partial charge in [0, 0.05) is 10.7 Å². The molecule has 72 valence electrons. The van der Waals surface area contributed by atoms with E-state index in [2.05, 4.69) is 5.10 Å². The molecule has 0 bridgehead atoms. The molecule has 1 fully saturated rings. The van der Waals surface area contributed by atoms with Crippen molar-refractivity contribution in [3.8, 4) is 0 Å². The summed E-state index contributed by atoms with van der Waals surface area (Å²) in [6, 6.07) is 0.250. The lowest BCUT2D eigenvalue weighted by atomic mass is 10.7. The minimum Gasteiger partial charge on any atom is -0.250 e. The van der Waals surface area contributed by atoms with Gasteiger partial charge in [0.1, 0.15) is 10.0 Å². The molecule has 0 atom stereocenters. The van der Waals surface area contributed by atoms with Gasteiger partial charge in [-0.05, 0) is 12.8 Å². The lowest BCUT2D eigenvalue weighted by Crippen LogP contribution is -1.96. The Morgan fingerprint density at radius 3 is 2.54 bits per heavy atom. The molecule has 0 aliphatic heterocycles. The van der Waals surface area contributed by atoms with Crippen LogP contribution in [0.5, 0.6) is 0 Å². The van der Waals surface area contributed by atoms with Gasteiger partial charge in [0.2, 0.25) is 0 Å². The largest absolute Gasteiger partial charge is 0.265 e. The fourth-order valence-corrected chi connectivity index (χ4v) is 2.53. The number of halogens is 2. The molecule has 1 aromatic rings. The Hall–Kier alpha value is -0.260. The normalized spacial score (nSPS) is 17.7. The standard InChI is InChI=1S/C6H6Cl2N2O2S/c7-6-5(13(8,11)12)3-9-10(6)4-1-2-4/h3-4H,1-2H2. The third kappa shape index (κ3) is 1.68. The van der Waals surface area contributed by atoms with Crippen molar-refractivity contribution < 1.29 is 8.42 Å². The second kappa shape index (κ2) is 2.87. The Bertz CT molecular complexity index is 435. The summed E-state index contributed by atoms with van der Waals surface area (Å²) in [4.78, 5) is -0.109. The van der Waals surface area contributed by atoms with Gasteiger partial charge in [0.05, 0.1) is 12.2 Å². The highest BCUT2D eigenvalue weighted by Crippen LogP contribution is 2.38. The van der Waals surface area contributed by atoms with Crippen LogP contribution in [0.1, 0.15) is 18.9 Å². The monoisotopic (exact) mass is 240 g/mol. The highest BCUT2D eigenvalue weighted by Gasteiger charge is 2.29. The first-order valence-electron chi connectivity index (χ1n) is 3.68. The summed E-state index contributed by atoms with van der Waals surface area (Å²) >= 11 is 5.78. The highest BCUT2D eigenvalue weighted by atomic mass is 35.7. The Labute approximate surface area is 84.9 Å². The zero-order valence-electron chi connectivity index (χ0n) is 6.44. The maximum atomic E-state index is 10.9. The molecule has 1 aromatic heterocycles. The van der Waals surface area contributed by atoms with E-state index in [1.807, 2.05) is 0 Å². The van der Waals surface area contributed by atoms with E-state index in [0.717, 1.165) is 12.8 Å². The highest BCUT2D eigenvalue weighted by molar-refractivity contribution is 8.13. The summed E-state index contributed by atoms with van der Waals surface area (Å²) in [5.74, 6) is 0. The van der Waals surface area contributed by atoms with Crippen LogP contribution in [-0.2, 0) is 9.05 Å². The predicted molar refractivity (Wildman–Crippen MR) is 48.5 cm³/mol. The SMILES string of the molecule is O=S(=O)(Cl)c1cnn(C2CC2)c1Cl. The third-order valence-electron chi connectivity index (χ3n) is 1.86. The molecule has 2 rings (SSSR count). The maximum absolute atomic E-state index is 10.9. The fourth-order valence-electron chi connectivity index (χ4n) is 1.07. The summed E-state index contributed by atoms with van der Waals surface area (Å²) in [5.41, 5.74) is 0. The molecule has 0 N–H and O–H groups in total. The van der Waals surface area contributed by atoms with Gasteiger partial charge in [-0.3, -0.25) is 0 Å². The Balaban J connectivity index is 2.50. The van der Waals surface area contributed by atoms with Crippen molar-refractivity contribution >= 4 is 31.3 Å². The quantitative estimate of drug-likeness (QED) is 0.742. The van der Waals surface area contributed by atoms with E-state index in [-0.39, 0.29) is 16.1 Å². The minimum atomic E-state index is -3.76. The van der Waals surface area contributed by atoms with E-state index in [1.54, 1.807) is 0 Å². The third-order valence-corrected chi connectivity index (χ3v) is 3.67. The van der Waals surface area contributed by atoms with E-state index in [0.29, 0.717) is 0 Å². The molecule has 0 amide bonds. The number of hydrogen-bond acceptors (Lipinski definition) is 3. The van der Waals surface area contributed by atoms with Gasteiger partial charge >= 0.3 is 0 Å². The topological polar surface area (TPSA) is 52.0 Å². The van der Waals surface area contributed by atoms with Crippen LogP contribution < -0.4 is 0 Å². The van der Waals surface area contributed by atoms with Crippen molar-refractivity contribution in [1.29, 1.82) is 0 Å². The van der Waals surface area contributed by atoms with Crippen LogP contribution in [0.25, 0.3) is 0 Å². The van der Waals surface area contributed by atoms with Crippen LogP contribution in [0.3, 0.4) is 0 Å². The number of hydrogen-bond donors (Lipinski definition) is 0. The zero-order valence-corrected chi connectivity index (χ0v) is 8.77. The summed E-state index contributed by atoms with van der Waals surface area (Å²) in [6.45, 7) is 0. The smallest absolute Gasteiger partial charge is 0.250 e. The molecule has 0 saturated heterocycles. The molecule has 4 nitrogen and oxygen atoms in total. The summed E-state index contributed by atoms with van der Waals surface area (Å²) in [7, 11) is 1.38. The van der Waals surface area contributed by atoms with Crippen LogP contribution in [0.15, 0.2) is 11.1 Å². The van der Waals surface area contributed by atoms with Gasteiger partial charge in [0.25, 0.3) is 9.05 Å². The number of rotatable bonds is 2. The van der Waals surface area contributed by atoms with Gasteiger partial charge in [-0.25, -0.2) is 13.1 Å². The molecular formula is C6H6Cl2N2O2S. The lowest BCUT2D eigenvalue weighted by molar-refractivity contribution is 0.608. The number of aromatic nitrogens is 2. The molecular weight excluding hydrogens is 235 g/mol. The van der Waals surface area contributed by atoms with E-state index >= 15 is 0 Å². The van der Waals surface area contributed by atoms with Gasteiger partial charge in [-0.15, -0.1) is 0 Å². The first-order valence-corrected chi connectivity index (χ1v) is 6.36. The molecule has 1 saturated carbocycles. The van der Waals surface area contributed by atoms with Gasteiger partial charge in [-0.1, -0.05) is 11.6 Å². The second-order valence-electron chi connectivity index (χ2n) is 2.91. The molecule has 0 spiro atoms. The van der Waals surface area contributed by atoms with Crippen molar-refractivity contribution in [3.05, 3.63) is 11.3 Å². The molecule has 0 radical (unpaired) electrons. The Morgan fingerprint density at radius 1 is 1.54 bits per heavy atom. The van der Waals surface area contributed by atoms with Crippen LogP contribution in [0.2, 0.25) is 5.15 Å². The van der Waals surface area contributed by atoms with Gasteiger partial charge in [0.15, 0.2) is 0 Å². The molecule has 1 heterocycles. The van der Waals surface area contributed by atoms with Crippen LogP contribution in [-0.4, -0.2) is 18.2 Å². The average molecular weight is 241 g/mol. The first kappa shape index (κ1) is 9.30. The molecule has 1 aliphatic carbocycles. The van der Waals surface area contributed by atoms with E-state index in [9.17, 15) is 8.42 Å². The van der Waals surface area contributed by atoms with Crippen LogP contribution in [0.4, 0.5) is 0 Å². The minimum absolute atomic E-state index is 0.109. The Morgan fingerprint density at radius 2 is 2.15 bits per heavy atom. The maximum Gasteiger partial charge on any atom is 0.265 e. The van der Waals surface area contributed by atoms with Crippen LogP contribution >= 0.6 is 22.3 Å². The predicted octanol–water partition coefficient (Wildman–Crippen LogP) is 1.80. The summed E-state index contributed by atoms with van der Waals surface area (Å²) in [6.07, 6.45) is 3.16. The van der Waals surface area contributed by atoms with Crippen molar-refractivity contribution in [2.45, 2.75) is 23.8 Å². The first-order chi connectivity index (χ1) is 6.00. The van der Waals surface area contributed by atoms with E-state index in [4.69, 9.17) is 22.3 Å². The fraction of sp³-hybridized carbons (Fsp3) is 0.500. The molecule has 13 heavy (non-hydrogen) atoms. The molecule has 7 heteroatoms. The van der Waals surface area contributed by atoms with Crippen molar-refractivity contribution in [2.24, 2.45) is 0 Å². The summed E-state index contributed by atoms with van der Waals surface area (Å²) < 4.78 is 23.4. The van der Waals surface area contributed by atoms with Crippen LogP contribution in [0, 0.1) is 0 Å². The van der Waals surface area contributed by atoms with Crippen molar-refractivity contribution in [3.63, 3.8) is 0 Å². The van der Waals surface area contributed by atoms with E-state index in [1.165, 1.54) is 10.9 Å². The van der Waals surface area contributed by atoms with Gasteiger partial charge < -0.3 is 0 Å². The summed E-state index contributed by atoms with van der Waals surface area (Å²) in [5, 5.41) is 3.97. The van der Waals surface area contributed by atoms with Crippen molar-refractivity contribution in [2.75, 3.05) is 0 Å². The van der Waals surface area contributed by atoms with Crippen molar-refractivity contribution in [1.82, 2.24) is 9.78 Å². The number of nitrogens with zero attached hydrogens (tertiary/aromatic N) is 2. The molecule has 1 aliphatic rings.